The Bertz CT molecular complexity index is 652. The van der Waals surface area contributed by atoms with Crippen molar-refractivity contribution in [3.63, 3.8) is 0 Å². The Morgan fingerprint density at radius 2 is 1.60 bits per heavy atom. The second-order valence-corrected chi connectivity index (χ2v) is 9.12. The maximum absolute atomic E-state index is 12.4. The Balaban J connectivity index is 2.77. The summed E-state index contributed by atoms with van der Waals surface area (Å²) >= 11 is 0. The second kappa shape index (κ2) is 4.87. The van der Waals surface area contributed by atoms with Crippen LogP contribution in [-0.4, -0.2) is 14.2 Å². The molecule has 3 heteroatoms. The summed E-state index contributed by atoms with van der Waals surface area (Å²) in [4.78, 5) is 0.593. The van der Waals surface area contributed by atoms with E-state index in [-0.39, 0.29) is 5.75 Å². The van der Waals surface area contributed by atoms with Crippen molar-refractivity contribution < 1.29 is 8.42 Å². The fourth-order valence-electron chi connectivity index (χ4n) is 3.49. The third-order valence-electron chi connectivity index (χ3n) is 4.91. The molecule has 0 unspecified atom stereocenters. The van der Waals surface area contributed by atoms with E-state index in [1.165, 1.54) is 16.7 Å². The molecule has 2 nitrogen and oxygen atoms in total. The van der Waals surface area contributed by atoms with E-state index in [1.54, 1.807) is 6.92 Å². The van der Waals surface area contributed by atoms with Crippen LogP contribution in [0.1, 0.15) is 55.0 Å². The van der Waals surface area contributed by atoms with E-state index in [0.29, 0.717) is 10.3 Å². The van der Waals surface area contributed by atoms with Gasteiger partial charge in [-0.3, -0.25) is 0 Å². The van der Waals surface area contributed by atoms with Crippen molar-refractivity contribution in [1.82, 2.24) is 0 Å². The lowest BCUT2D eigenvalue weighted by Gasteiger charge is -2.34. The molecule has 2 rings (SSSR count). The minimum absolute atomic E-state index is 0.179. The standard InChI is InChI=1S/C17H26O2S/c1-7-20(18,19)16-12(3)11(2)15-10-17(5,6)9-8-14(15)13(16)4/h7-10H2,1-6H3. The van der Waals surface area contributed by atoms with Gasteiger partial charge in [0.2, 0.25) is 0 Å². The van der Waals surface area contributed by atoms with Crippen LogP contribution in [0.4, 0.5) is 0 Å². The molecular weight excluding hydrogens is 268 g/mol. The lowest BCUT2D eigenvalue weighted by atomic mass is 9.71. The summed E-state index contributed by atoms with van der Waals surface area (Å²) in [5.74, 6) is 0.179. The maximum Gasteiger partial charge on any atom is 0.178 e. The lowest BCUT2D eigenvalue weighted by molar-refractivity contribution is 0.313. The molecule has 0 amide bonds. The van der Waals surface area contributed by atoms with Crippen molar-refractivity contribution in [2.75, 3.05) is 5.75 Å². The van der Waals surface area contributed by atoms with E-state index < -0.39 is 9.84 Å². The van der Waals surface area contributed by atoms with Crippen LogP contribution in [0.5, 0.6) is 0 Å². The molecule has 0 saturated carbocycles. The smallest absolute Gasteiger partial charge is 0.178 e. The number of hydrogen-bond donors (Lipinski definition) is 0. The van der Waals surface area contributed by atoms with Gasteiger partial charge in [0.15, 0.2) is 9.84 Å². The molecule has 0 saturated heterocycles. The van der Waals surface area contributed by atoms with Gasteiger partial charge < -0.3 is 0 Å². The van der Waals surface area contributed by atoms with Crippen molar-refractivity contribution in [2.45, 2.75) is 65.7 Å². The van der Waals surface area contributed by atoms with E-state index >= 15 is 0 Å². The molecule has 0 atom stereocenters. The van der Waals surface area contributed by atoms with Crippen molar-refractivity contribution in [2.24, 2.45) is 5.41 Å². The van der Waals surface area contributed by atoms with Crippen molar-refractivity contribution >= 4 is 9.84 Å². The van der Waals surface area contributed by atoms with E-state index in [0.717, 1.165) is 30.4 Å². The zero-order chi connectivity index (χ0) is 15.3. The molecule has 20 heavy (non-hydrogen) atoms. The summed E-state index contributed by atoms with van der Waals surface area (Å²) in [5.41, 5.74) is 6.15. The number of rotatable bonds is 2. The van der Waals surface area contributed by atoms with E-state index in [1.807, 2.05) is 13.8 Å². The molecule has 1 aromatic carbocycles. The van der Waals surface area contributed by atoms with Crippen LogP contribution >= 0.6 is 0 Å². The highest BCUT2D eigenvalue weighted by Crippen LogP contribution is 2.41. The molecule has 1 aliphatic rings. The summed E-state index contributed by atoms with van der Waals surface area (Å²) in [6.07, 6.45) is 3.19. The van der Waals surface area contributed by atoms with Crippen LogP contribution in [0.2, 0.25) is 0 Å². The summed E-state index contributed by atoms with van der Waals surface area (Å²) in [7, 11) is -3.14. The topological polar surface area (TPSA) is 34.1 Å². The summed E-state index contributed by atoms with van der Waals surface area (Å²) < 4.78 is 24.8. The highest BCUT2D eigenvalue weighted by molar-refractivity contribution is 7.91. The first-order valence-corrected chi connectivity index (χ1v) is 9.10. The van der Waals surface area contributed by atoms with E-state index in [9.17, 15) is 8.42 Å². The molecule has 0 aromatic heterocycles. The highest BCUT2D eigenvalue weighted by atomic mass is 32.2. The predicted molar refractivity (Wildman–Crippen MR) is 84.2 cm³/mol. The minimum atomic E-state index is -3.14. The van der Waals surface area contributed by atoms with Crippen molar-refractivity contribution in [3.05, 3.63) is 27.8 Å². The quantitative estimate of drug-likeness (QED) is 0.828. The van der Waals surface area contributed by atoms with E-state index in [2.05, 4.69) is 20.8 Å². The molecule has 0 bridgehead atoms. The number of hydrogen-bond acceptors (Lipinski definition) is 2. The lowest BCUT2D eigenvalue weighted by Crippen LogP contribution is -2.25. The van der Waals surface area contributed by atoms with E-state index in [4.69, 9.17) is 0 Å². The fourth-order valence-corrected chi connectivity index (χ4v) is 4.98. The van der Waals surface area contributed by atoms with Gasteiger partial charge in [0.25, 0.3) is 0 Å². The molecule has 1 aromatic rings. The molecule has 0 fully saturated rings. The fraction of sp³-hybridized carbons (Fsp3) is 0.647. The number of benzene rings is 1. The third kappa shape index (κ3) is 2.41. The first kappa shape index (κ1) is 15.6. The van der Waals surface area contributed by atoms with Gasteiger partial charge in [0, 0.05) is 0 Å². The summed E-state index contributed by atoms with van der Waals surface area (Å²) in [6.45, 7) is 12.4. The second-order valence-electron chi connectivity index (χ2n) is 6.91. The first-order chi connectivity index (χ1) is 9.10. The number of fused-ring (bicyclic) bond motifs is 1. The van der Waals surface area contributed by atoms with Gasteiger partial charge in [-0.25, -0.2) is 8.42 Å². The zero-order valence-corrected chi connectivity index (χ0v) is 14.4. The average molecular weight is 294 g/mol. The van der Waals surface area contributed by atoms with Crippen LogP contribution in [0.3, 0.4) is 0 Å². The van der Waals surface area contributed by atoms with Gasteiger partial charge in [-0.1, -0.05) is 20.8 Å². The zero-order valence-electron chi connectivity index (χ0n) is 13.6. The average Bonchev–Trinajstić information content (AvgIpc) is 2.35. The number of sulfone groups is 1. The third-order valence-corrected chi connectivity index (χ3v) is 6.91. The predicted octanol–water partition coefficient (Wildman–Crippen LogP) is 3.92. The molecule has 0 spiro atoms. The summed E-state index contributed by atoms with van der Waals surface area (Å²) in [6, 6.07) is 0. The SMILES string of the molecule is CCS(=O)(=O)c1c(C)c(C)c2c(c1C)CCC(C)(C)C2. The van der Waals surface area contributed by atoms with Gasteiger partial charge in [-0.05, 0) is 73.3 Å². The Morgan fingerprint density at radius 1 is 1.00 bits per heavy atom. The summed E-state index contributed by atoms with van der Waals surface area (Å²) in [5, 5.41) is 0. The Labute approximate surface area is 123 Å². The molecular formula is C17H26O2S. The Kier molecular flexibility index (Phi) is 3.79. The monoisotopic (exact) mass is 294 g/mol. The van der Waals surface area contributed by atoms with Gasteiger partial charge in [0.05, 0.1) is 10.6 Å². The molecule has 0 aliphatic heterocycles. The maximum atomic E-state index is 12.4. The van der Waals surface area contributed by atoms with Crippen molar-refractivity contribution in [3.8, 4) is 0 Å². The van der Waals surface area contributed by atoms with Gasteiger partial charge >= 0.3 is 0 Å². The minimum Gasteiger partial charge on any atom is -0.224 e. The van der Waals surface area contributed by atoms with Crippen LogP contribution in [-0.2, 0) is 22.7 Å². The largest absolute Gasteiger partial charge is 0.224 e. The Morgan fingerprint density at radius 3 is 2.15 bits per heavy atom. The van der Waals surface area contributed by atoms with Crippen LogP contribution in [0.15, 0.2) is 4.90 Å². The Hall–Kier alpha value is -0.830. The van der Waals surface area contributed by atoms with Crippen LogP contribution in [0, 0.1) is 26.2 Å². The molecule has 0 N–H and O–H groups in total. The van der Waals surface area contributed by atoms with Crippen LogP contribution < -0.4 is 0 Å². The highest BCUT2D eigenvalue weighted by Gasteiger charge is 2.31. The van der Waals surface area contributed by atoms with Crippen molar-refractivity contribution in [1.29, 1.82) is 0 Å². The molecule has 0 radical (unpaired) electrons. The van der Waals surface area contributed by atoms with Gasteiger partial charge in [-0.2, -0.15) is 0 Å². The normalized spacial score (nSPS) is 17.9. The molecule has 0 heterocycles. The van der Waals surface area contributed by atoms with Gasteiger partial charge in [0.1, 0.15) is 0 Å². The molecule has 1 aliphatic carbocycles. The van der Waals surface area contributed by atoms with Crippen LogP contribution in [0.25, 0.3) is 0 Å². The van der Waals surface area contributed by atoms with Gasteiger partial charge in [-0.15, -0.1) is 0 Å². The molecule has 112 valence electrons. The first-order valence-electron chi connectivity index (χ1n) is 7.45.